The Morgan fingerprint density at radius 2 is 2.18 bits per heavy atom. The van der Waals surface area contributed by atoms with E-state index in [0.717, 1.165) is 12.8 Å². The third kappa shape index (κ3) is 1.92. The van der Waals surface area contributed by atoms with E-state index in [1.54, 1.807) is 0 Å². The molecule has 0 saturated carbocycles. The number of aliphatic imine (C=N–C) groups is 1. The summed E-state index contributed by atoms with van der Waals surface area (Å²) >= 11 is 0. The lowest BCUT2D eigenvalue weighted by Gasteiger charge is -2.24. The Morgan fingerprint density at radius 1 is 1.55 bits per heavy atom. The first kappa shape index (κ1) is 8.51. The van der Waals surface area contributed by atoms with Crippen molar-refractivity contribution in [3.63, 3.8) is 0 Å². The van der Waals surface area contributed by atoms with Gasteiger partial charge in [-0.05, 0) is 39.2 Å². The van der Waals surface area contributed by atoms with Gasteiger partial charge >= 0.3 is 0 Å². The van der Waals surface area contributed by atoms with Crippen LogP contribution in [0.3, 0.4) is 0 Å². The fraction of sp³-hybridized carbons (Fsp3) is 0.700. The molecule has 0 aromatic rings. The van der Waals surface area contributed by atoms with Crippen LogP contribution in [0.4, 0.5) is 0 Å². The summed E-state index contributed by atoms with van der Waals surface area (Å²) in [7, 11) is 0. The van der Waals surface area contributed by atoms with Crippen LogP contribution in [0.15, 0.2) is 16.6 Å². The van der Waals surface area contributed by atoms with Crippen LogP contribution in [0.25, 0.3) is 0 Å². The highest BCUT2D eigenvalue weighted by Crippen LogP contribution is 2.23. The minimum Gasteiger partial charge on any atom is -0.283 e. The van der Waals surface area contributed by atoms with Gasteiger partial charge in [-0.3, -0.25) is 4.99 Å². The second kappa shape index (κ2) is 2.80. The number of hydrogen-bond donors (Lipinski definition) is 0. The summed E-state index contributed by atoms with van der Waals surface area (Å²) in [5.74, 6) is 0. The lowest BCUT2D eigenvalue weighted by molar-refractivity contribution is 0.523. The Kier molecular flexibility index (Phi) is 2.17. The third-order valence-corrected chi connectivity index (χ3v) is 2.16. The molecule has 0 N–H and O–H groups in total. The molecule has 1 aliphatic heterocycles. The highest BCUT2D eigenvalue weighted by molar-refractivity contribution is 5.99. The molecule has 1 aliphatic rings. The van der Waals surface area contributed by atoms with E-state index in [0.29, 0.717) is 0 Å². The Balaban J connectivity index is 2.82. The molecule has 1 nitrogen and oxygen atoms in total. The number of allylic oxidation sites excluding steroid dienone is 1. The van der Waals surface area contributed by atoms with E-state index < -0.39 is 0 Å². The van der Waals surface area contributed by atoms with Crippen LogP contribution in [0.2, 0.25) is 0 Å². The Labute approximate surface area is 69.2 Å². The Bertz CT molecular complexity index is 209. The molecule has 0 saturated heterocycles. The van der Waals surface area contributed by atoms with Gasteiger partial charge in [0, 0.05) is 5.71 Å². The van der Waals surface area contributed by atoms with Crippen molar-refractivity contribution < 1.29 is 0 Å². The molecular formula is C10H17N. The molecule has 0 aromatic heterocycles. The topological polar surface area (TPSA) is 12.4 Å². The second-order valence-corrected chi connectivity index (χ2v) is 3.80. The molecule has 0 atom stereocenters. The van der Waals surface area contributed by atoms with E-state index in [9.17, 15) is 0 Å². The number of rotatable bonds is 1. The molecule has 0 fully saturated rings. The van der Waals surface area contributed by atoms with Gasteiger partial charge in [0.05, 0.1) is 5.54 Å². The zero-order valence-electron chi connectivity index (χ0n) is 7.94. The molecule has 11 heavy (non-hydrogen) atoms. The van der Waals surface area contributed by atoms with E-state index in [4.69, 9.17) is 0 Å². The Morgan fingerprint density at radius 3 is 2.64 bits per heavy atom. The zero-order chi connectivity index (χ0) is 8.48. The van der Waals surface area contributed by atoms with Crippen molar-refractivity contribution in [3.8, 4) is 0 Å². The zero-order valence-corrected chi connectivity index (χ0v) is 7.94. The summed E-state index contributed by atoms with van der Waals surface area (Å²) in [6.07, 6.45) is 4.53. The summed E-state index contributed by atoms with van der Waals surface area (Å²) < 4.78 is 0. The minimum absolute atomic E-state index is 0.142. The smallest absolute Gasteiger partial charge is 0.0589 e. The van der Waals surface area contributed by atoms with E-state index in [1.807, 2.05) is 0 Å². The van der Waals surface area contributed by atoms with Crippen LogP contribution < -0.4 is 0 Å². The van der Waals surface area contributed by atoms with Gasteiger partial charge in [0.15, 0.2) is 0 Å². The lowest BCUT2D eigenvalue weighted by Crippen LogP contribution is -2.22. The standard InChI is InChI=1S/C10H17N/c1-5-9-6-7-10(3,4)11-8(9)2/h6H,5,7H2,1-4H3. The fourth-order valence-corrected chi connectivity index (χ4v) is 1.49. The first-order valence-electron chi connectivity index (χ1n) is 4.31. The summed E-state index contributed by atoms with van der Waals surface area (Å²) in [5, 5.41) is 0. The maximum Gasteiger partial charge on any atom is 0.0589 e. The summed E-state index contributed by atoms with van der Waals surface area (Å²) in [6, 6.07) is 0. The molecular weight excluding hydrogens is 134 g/mol. The van der Waals surface area contributed by atoms with Crippen molar-refractivity contribution in [1.29, 1.82) is 0 Å². The fourth-order valence-electron chi connectivity index (χ4n) is 1.49. The number of dihydropyridines is 1. The average molecular weight is 151 g/mol. The maximum atomic E-state index is 4.62. The van der Waals surface area contributed by atoms with E-state index in [2.05, 4.69) is 38.8 Å². The van der Waals surface area contributed by atoms with E-state index >= 15 is 0 Å². The molecule has 0 bridgehead atoms. The van der Waals surface area contributed by atoms with Gasteiger partial charge in [0.2, 0.25) is 0 Å². The van der Waals surface area contributed by atoms with E-state index in [1.165, 1.54) is 11.3 Å². The summed E-state index contributed by atoms with van der Waals surface area (Å²) in [6.45, 7) is 8.65. The van der Waals surface area contributed by atoms with Crippen molar-refractivity contribution in [2.45, 2.75) is 46.1 Å². The summed E-state index contributed by atoms with van der Waals surface area (Å²) in [4.78, 5) is 4.62. The summed E-state index contributed by atoms with van der Waals surface area (Å²) in [5.41, 5.74) is 2.79. The van der Waals surface area contributed by atoms with Crippen LogP contribution in [0.1, 0.15) is 40.5 Å². The highest BCUT2D eigenvalue weighted by atomic mass is 14.9. The van der Waals surface area contributed by atoms with Crippen molar-refractivity contribution in [1.82, 2.24) is 0 Å². The van der Waals surface area contributed by atoms with Gasteiger partial charge in [-0.1, -0.05) is 13.0 Å². The van der Waals surface area contributed by atoms with Gasteiger partial charge in [-0.25, -0.2) is 0 Å². The first-order valence-corrected chi connectivity index (χ1v) is 4.31. The predicted octanol–water partition coefficient (Wildman–Crippen LogP) is 2.97. The monoisotopic (exact) mass is 151 g/mol. The third-order valence-electron chi connectivity index (χ3n) is 2.16. The van der Waals surface area contributed by atoms with Crippen LogP contribution >= 0.6 is 0 Å². The molecule has 1 heteroatoms. The molecule has 0 amide bonds. The van der Waals surface area contributed by atoms with E-state index in [-0.39, 0.29) is 5.54 Å². The van der Waals surface area contributed by atoms with Crippen LogP contribution in [0, 0.1) is 0 Å². The van der Waals surface area contributed by atoms with Crippen molar-refractivity contribution in [2.75, 3.05) is 0 Å². The quantitative estimate of drug-likeness (QED) is 0.546. The van der Waals surface area contributed by atoms with Gasteiger partial charge in [0.1, 0.15) is 0 Å². The predicted molar refractivity (Wildman–Crippen MR) is 50.2 cm³/mol. The highest BCUT2D eigenvalue weighted by Gasteiger charge is 2.19. The van der Waals surface area contributed by atoms with Crippen LogP contribution in [0.5, 0.6) is 0 Å². The van der Waals surface area contributed by atoms with Crippen LogP contribution in [-0.2, 0) is 0 Å². The SMILES string of the molecule is CCC1=CCC(C)(C)N=C1C. The molecule has 0 aliphatic carbocycles. The van der Waals surface area contributed by atoms with Crippen molar-refractivity contribution in [3.05, 3.63) is 11.6 Å². The molecule has 1 rings (SSSR count). The molecule has 0 radical (unpaired) electrons. The van der Waals surface area contributed by atoms with Gasteiger partial charge in [-0.2, -0.15) is 0 Å². The van der Waals surface area contributed by atoms with Gasteiger partial charge in [-0.15, -0.1) is 0 Å². The molecule has 62 valence electrons. The van der Waals surface area contributed by atoms with Crippen molar-refractivity contribution in [2.24, 2.45) is 4.99 Å². The van der Waals surface area contributed by atoms with Crippen LogP contribution in [-0.4, -0.2) is 11.3 Å². The van der Waals surface area contributed by atoms with Crippen molar-refractivity contribution >= 4 is 5.71 Å². The molecule has 0 spiro atoms. The first-order chi connectivity index (χ1) is 5.05. The second-order valence-electron chi connectivity index (χ2n) is 3.80. The number of hydrogen-bond acceptors (Lipinski definition) is 1. The molecule has 1 heterocycles. The van der Waals surface area contributed by atoms with Gasteiger partial charge in [0.25, 0.3) is 0 Å². The molecule has 0 aromatic carbocycles. The maximum absolute atomic E-state index is 4.62. The Hall–Kier alpha value is -0.590. The number of nitrogens with zero attached hydrogens (tertiary/aromatic N) is 1. The van der Waals surface area contributed by atoms with Gasteiger partial charge < -0.3 is 0 Å². The minimum atomic E-state index is 0.142. The normalized spacial score (nSPS) is 22.5. The largest absolute Gasteiger partial charge is 0.283 e. The molecule has 0 unspecified atom stereocenters. The lowest BCUT2D eigenvalue weighted by atomic mass is 9.93. The average Bonchev–Trinajstić information content (AvgIpc) is 1.86.